The zero-order valence-corrected chi connectivity index (χ0v) is 31.6. The Morgan fingerprint density at radius 2 is 1.70 bits per heavy atom. The first kappa shape index (κ1) is 36.4. The van der Waals surface area contributed by atoms with Gasteiger partial charge >= 0.3 is 0 Å². The maximum absolute atomic E-state index is 13.3. The molecule has 292 valence electrons. The summed E-state index contributed by atoms with van der Waals surface area (Å²) in [5.41, 5.74) is 5.11. The number of H-pyrrole nitrogens is 1. The van der Waals surface area contributed by atoms with Gasteiger partial charge < -0.3 is 19.7 Å². The summed E-state index contributed by atoms with van der Waals surface area (Å²) in [6.07, 6.45) is 6.08. The number of aromatic nitrogens is 4. The lowest BCUT2D eigenvalue weighted by Gasteiger charge is -2.33. The molecule has 6 heterocycles. The van der Waals surface area contributed by atoms with Crippen LogP contribution in [-0.4, -0.2) is 91.2 Å². The Morgan fingerprint density at radius 3 is 2.47 bits per heavy atom. The summed E-state index contributed by atoms with van der Waals surface area (Å²) in [7, 11) is 0. The van der Waals surface area contributed by atoms with E-state index in [9.17, 15) is 24.0 Å². The van der Waals surface area contributed by atoms with Gasteiger partial charge in [-0.3, -0.25) is 39.1 Å². The Kier molecular flexibility index (Phi) is 9.60. The van der Waals surface area contributed by atoms with E-state index >= 15 is 0 Å². The van der Waals surface area contributed by atoms with Crippen molar-refractivity contribution in [1.82, 2.24) is 35.2 Å². The molecule has 0 aliphatic carbocycles. The van der Waals surface area contributed by atoms with Gasteiger partial charge in [0.05, 0.1) is 28.7 Å². The molecule has 0 saturated carbocycles. The maximum Gasteiger partial charge on any atom is 0.262 e. The molecule has 57 heavy (non-hydrogen) atoms. The SMILES string of the molecule is C[C@H]1CCCN1Cc1nc2ccc(NC(=O)c3ccc(-c4nc(CCC5CCN(c6ccc7c(c6)C(=O)N(C6CCC(=O)NC6=O)C7=O)CC5)no4)cc3)cc2[nH]1. The van der Waals surface area contributed by atoms with Crippen LogP contribution in [-0.2, 0) is 22.6 Å². The highest BCUT2D eigenvalue weighted by atomic mass is 16.5. The van der Waals surface area contributed by atoms with Gasteiger partial charge in [-0.1, -0.05) is 5.16 Å². The monoisotopic (exact) mass is 769 g/mol. The fourth-order valence-electron chi connectivity index (χ4n) is 8.54. The van der Waals surface area contributed by atoms with Crippen LogP contribution in [0.25, 0.3) is 22.5 Å². The molecule has 2 aromatic heterocycles. The number of aryl methyl sites for hydroxylation is 1. The molecule has 5 amide bonds. The number of imide groups is 2. The normalized spacial score (nSPS) is 20.4. The predicted octanol–water partition coefficient (Wildman–Crippen LogP) is 5.10. The van der Waals surface area contributed by atoms with E-state index in [0.29, 0.717) is 41.3 Å². The van der Waals surface area contributed by atoms with Gasteiger partial charge in [0.2, 0.25) is 11.8 Å². The number of hydrogen-bond donors (Lipinski definition) is 3. The summed E-state index contributed by atoms with van der Waals surface area (Å²) < 4.78 is 5.59. The van der Waals surface area contributed by atoms with Gasteiger partial charge in [0.15, 0.2) is 5.82 Å². The summed E-state index contributed by atoms with van der Waals surface area (Å²) >= 11 is 0. The zero-order valence-electron chi connectivity index (χ0n) is 31.6. The molecule has 0 radical (unpaired) electrons. The van der Waals surface area contributed by atoms with E-state index in [1.807, 2.05) is 24.3 Å². The molecule has 9 rings (SSSR count). The van der Waals surface area contributed by atoms with E-state index in [1.165, 1.54) is 12.8 Å². The molecule has 0 bridgehead atoms. The molecule has 15 heteroatoms. The molecule has 3 aromatic carbocycles. The van der Waals surface area contributed by atoms with Crippen LogP contribution in [0.5, 0.6) is 0 Å². The molecular formula is C42H43N9O6. The molecule has 5 aromatic rings. The Morgan fingerprint density at radius 1 is 0.895 bits per heavy atom. The third-order valence-electron chi connectivity index (χ3n) is 11.9. The van der Waals surface area contributed by atoms with Crippen LogP contribution in [0.15, 0.2) is 65.2 Å². The number of rotatable bonds is 10. The number of aromatic amines is 1. The van der Waals surface area contributed by atoms with Crippen molar-refractivity contribution in [3.63, 3.8) is 0 Å². The van der Waals surface area contributed by atoms with Crippen LogP contribution < -0.4 is 15.5 Å². The van der Waals surface area contributed by atoms with Crippen molar-refractivity contribution in [1.29, 1.82) is 0 Å². The van der Waals surface area contributed by atoms with Crippen molar-refractivity contribution in [3.05, 3.63) is 89.0 Å². The average molecular weight is 770 g/mol. The number of nitrogens with one attached hydrogen (secondary N) is 3. The molecule has 2 atom stereocenters. The molecule has 4 aliphatic rings. The van der Waals surface area contributed by atoms with E-state index in [4.69, 9.17) is 9.51 Å². The highest BCUT2D eigenvalue weighted by Gasteiger charge is 2.45. The molecule has 0 spiro atoms. The summed E-state index contributed by atoms with van der Waals surface area (Å²) in [6.45, 7) is 5.71. The minimum absolute atomic E-state index is 0.0828. The van der Waals surface area contributed by atoms with E-state index in [0.717, 1.165) is 78.5 Å². The van der Waals surface area contributed by atoms with Crippen LogP contribution in [0, 0.1) is 5.92 Å². The number of fused-ring (bicyclic) bond motifs is 2. The second kappa shape index (κ2) is 15.0. The second-order valence-electron chi connectivity index (χ2n) is 15.6. The first-order valence-electron chi connectivity index (χ1n) is 19.7. The minimum Gasteiger partial charge on any atom is -0.371 e. The average Bonchev–Trinajstić information content (AvgIpc) is 4.01. The highest BCUT2D eigenvalue weighted by molar-refractivity contribution is 6.23. The minimum atomic E-state index is -0.984. The van der Waals surface area contributed by atoms with Gasteiger partial charge in [0.25, 0.3) is 23.6 Å². The largest absolute Gasteiger partial charge is 0.371 e. The van der Waals surface area contributed by atoms with Gasteiger partial charge in [-0.15, -0.1) is 0 Å². The first-order chi connectivity index (χ1) is 27.7. The van der Waals surface area contributed by atoms with Crippen molar-refractivity contribution in [2.75, 3.05) is 29.9 Å². The molecule has 15 nitrogen and oxygen atoms in total. The van der Waals surface area contributed by atoms with Crippen molar-refractivity contribution in [3.8, 4) is 11.5 Å². The predicted molar refractivity (Wildman–Crippen MR) is 209 cm³/mol. The Hall–Kier alpha value is -6.22. The summed E-state index contributed by atoms with van der Waals surface area (Å²) in [4.78, 5) is 81.9. The Balaban J connectivity index is 0.753. The third-order valence-corrected chi connectivity index (χ3v) is 11.9. The summed E-state index contributed by atoms with van der Waals surface area (Å²) in [5.74, 6) is 0.168. The van der Waals surface area contributed by atoms with Crippen LogP contribution in [0.4, 0.5) is 11.4 Å². The quantitative estimate of drug-likeness (QED) is 0.161. The van der Waals surface area contributed by atoms with Gasteiger partial charge in [-0.25, -0.2) is 4.98 Å². The van der Waals surface area contributed by atoms with Gasteiger partial charge in [-0.2, -0.15) is 4.98 Å². The standard InChI is InChI=1S/C42H43N9O6/c1-24-3-2-18-50(24)23-36-44-32-12-9-28(21-33(32)45-36)43-38(53)26-5-7-27(8-6-26)40-46-35(48-57-40)14-4-25-16-19-49(20-17-25)29-10-11-30-31(22-29)42(56)51(41(30)55)34-13-15-37(52)47-39(34)54/h5-12,21-22,24-25,34H,2-4,13-20,23H2,1H3,(H,43,53)(H,44,45)(H,47,52,54)/t24-,34?/m0/s1. The molecule has 4 aliphatic heterocycles. The van der Waals surface area contributed by atoms with E-state index in [-0.39, 0.29) is 29.9 Å². The molecule has 3 N–H and O–H groups in total. The smallest absolute Gasteiger partial charge is 0.262 e. The van der Waals surface area contributed by atoms with Crippen molar-refractivity contribution in [2.45, 2.75) is 76.9 Å². The number of hydrogen-bond acceptors (Lipinski definition) is 11. The van der Waals surface area contributed by atoms with E-state index < -0.39 is 29.7 Å². The summed E-state index contributed by atoms with van der Waals surface area (Å²) in [6, 6.07) is 17.6. The number of piperidine rings is 2. The Bertz CT molecular complexity index is 2400. The van der Waals surface area contributed by atoms with Crippen LogP contribution >= 0.6 is 0 Å². The maximum atomic E-state index is 13.3. The van der Waals surface area contributed by atoms with Gasteiger partial charge in [-0.05, 0) is 119 Å². The number of likely N-dealkylation sites (tertiary alicyclic amines) is 1. The number of carbonyl (C=O) groups excluding carboxylic acids is 5. The van der Waals surface area contributed by atoms with Crippen LogP contribution in [0.3, 0.4) is 0 Å². The van der Waals surface area contributed by atoms with Gasteiger partial charge in [0, 0.05) is 54.5 Å². The molecule has 3 fully saturated rings. The number of carbonyl (C=O) groups is 5. The van der Waals surface area contributed by atoms with Crippen LogP contribution in [0.1, 0.15) is 94.6 Å². The van der Waals surface area contributed by atoms with Gasteiger partial charge in [0.1, 0.15) is 11.9 Å². The van der Waals surface area contributed by atoms with Crippen molar-refractivity contribution in [2.24, 2.45) is 5.92 Å². The van der Waals surface area contributed by atoms with Crippen LogP contribution in [0.2, 0.25) is 0 Å². The number of amides is 5. The fourth-order valence-corrected chi connectivity index (χ4v) is 8.54. The van der Waals surface area contributed by atoms with E-state index in [2.05, 4.69) is 42.5 Å². The highest BCUT2D eigenvalue weighted by Crippen LogP contribution is 2.33. The lowest BCUT2D eigenvalue weighted by Crippen LogP contribution is -2.54. The number of imidazole rings is 1. The third kappa shape index (κ3) is 7.30. The number of anilines is 2. The fraction of sp³-hybridized carbons (Fsp3) is 0.381. The lowest BCUT2D eigenvalue weighted by atomic mass is 9.91. The number of nitrogens with zero attached hydrogens (tertiary/aromatic N) is 6. The molecular weight excluding hydrogens is 727 g/mol. The lowest BCUT2D eigenvalue weighted by molar-refractivity contribution is -0.136. The summed E-state index contributed by atoms with van der Waals surface area (Å²) in [5, 5.41) is 9.44. The topological polar surface area (TPSA) is 187 Å². The second-order valence-corrected chi connectivity index (χ2v) is 15.6. The number of benzene rings is 3. The molecule has 3 saturated heterocycles. The van der Waals surface area contributed by atoms with Crippen molar-refractivity contribution >= 4 is 51.9 Å². The van der Waals surface area contributed by atoms with E-state index in [1.54, 1.807) is 36.4 Å². The first-order valence-corrected chi connectivity index (χ1v) is 19.7. The zero-order chi connectivity index (χ0) is 39.2. The molecule has 1 unspecified atom stereocenters. The van der Waals surface area contributed by atoms with Crippen molar-refractivity contribution < 1.29 is 28.5 Å². The Labute approximate surface area is 328 Å².